The molecule has 1 aromatic carbocycles. The number of hydrogen-bond acceptors (Lipinski definition) is 4. The maximum Gasteiger partial charge on any atom is 0.725 e. The van der Waals surface area contributed by atoms with Crippen molar-refractivity contribution in [2.24, 2.45) is 0 Å². The molecule has 0 saturated carbocycles. The van der Waals surface area contributed by atoms with Gasteiger partial charge in [-0.1, -0.05) is 25.3 Å². The van der Waals surface area contributed by atoms with Gasteiger partial charge in [-0.25, -0.2) is 0 Å². The van der Waals surface area contributed by atoms with E-state index in [2.05, 4.69) is 0 Å². The van der Waals surface area contributed by atoms with Crippen molar-refractivity contribution in [1.29, 1.82) is 0 Å². The lowest BCUT2D eigenvalue weighted by molar-refractivity contribution is 0.212. The summed E-state index contributed by atoms with van der Waals surface area (Å²) in [6.07, 6.45) is 22.2. The normalized spacial score (nSPS) is 9.67. The van der Waals surface area contributed by atoms with Gasteiger partial charge < -0.3 is 18.0 Å². The Morgan fingerprint density at radius 2 is 1.57 bits per heavy atom. The van der Waals surface area contributed by atoms with Crippen LogP contribution in [0.5, 0.6) is 5.75 Å². The van der Waals surface area contributed by atoms with Crippen LogP contribution < -0.4 is 4.74 Å². The summed E-state index contributed by atoms with van der Waals surface area (Å²) in [6, 6.07) is 6.22. The molecular formula is C16H16O4Si. The lowest BCUT2D eigenvalue weighted by Gasteiger charge is -2.21. The van der Waals surface area contributed by atoms with Crippen LogP contribution in [0.2, 0.25) is 6.04 Å². The van der Waals surface area contributed by atoms with E-state index in [1.807, 2.05) is 43.4 Å². The molecular weight excluding hydrogens is 284 g/mol. The third kappa shape index (κ3) is 4.73. The summed E-state index contributed by atoms with van der Waals surface area (Å²) in [5.41, 5.74) is 2.09. The van der Waals surface area contributed by atoms with E-state index in [-0.39, 0.29) is 0 Å². The molecule has 108 valence electrons. The van der Waals surface area contributed by atoms with Gasteiger partial charge in [0, 0.05) is 0 Å². The van der Waals surface area contributed by atoms with E-state index in [9.17, 15) is 0 Å². The van der Waals surface area contributed by atoms with E-state index in [1.165, 1.54) is 0 Å². The van der Waals surface area contributed by atoms with E-state index in [0.29, 0.717) is 12.5 Å². The van der Waals surface area contributed by atoms with Crippen LogP contribution in [0.4, 0.5) is 0 Å². The molecule has 0 saturated heterocycles. The Hall–Kier alpha value is -2.68. The van der Waals surface area contributed by atoms with Crippen molar-refractivity contribution < 1.29 is 18.0 Å². The summed E-state index contributed by atoms with van der Waals surface area (Å²) in [4.78, 5) is 0. The summed E-state index contributed by atoms with van der Waals surface area (Å²) in [5, 5.41) is 0. The number of rotatable bonds is 7. The van der Waals surface area contributed by atoms with Crippen molar-refractivity contribution in [3.63, 3.8) is 0 Å². The highest BCUT2D eigenvalue weighted by molar-refractivity contribution is 6.61. The Balaban J connectivity index is 2.91. The van der Waals surface area contributed by atoms with Crippen molar-refractivity contribution in [2.45, 2.75) is 19.4 Å². The molecule has 0 atom stereocenters. The Labute approximate surface area is 126 Å². The molecule has 0 amide bonds. The topological polar surface area (TPSA) is 36.9 Å². The molecule has 0 heterocycles. The second kappa shape index (κ2) is 7.80. The van der Waals surface area contributed by atoms with Crippen LogP contribution in [0.15, 0.2) is 18.2 Å². The zero-order chi connectivity index (χ0) is 15.7. The van der Waals surface area contributed by atoms with Gasteiger partial charge in [-0.05, 0) is 36.6 Å². The molecule has 0 unspecified atom stereocenters. The quantitative estimate of drug-likeness (QED) is 0.572. The molecule has 5 heteroatoms. The van der Waals surface area contributed by atoms with E-state index in [1.54, 1.807) is 7.11 Å². The molecule has 0 aliphatic carbocycles. The van der Waals surface area contributed by atoms with Gasteiger partial charge in [0.05, 0.1) is 31.5 Å². The SMILES string of the molecule is C#CO[Si](CCc1cc(C)cc(OC)c1)(OC#C)OC#C. The summed E-state index contributed by atoms with van der Waals surface area (Å²) in [5.74, 6) is 0.769. The fourth-order valence-corrected chi connectivity index (χ4v) is 3.43. The first-order chi connectivity index (χ1) is 10.1. The van der Waals surface area contributed by atoms with Crippen LogP contribution in [0.1, 0.15) is 11.1 Å². The highest BCUT2D eigenvalue weighted by atomic mass is 28.4. The molecule has 1 rings (SSSR count). The van der Waals surface area contributed by atoms with Crippen molar-refractivity contribution >= 4 is 8.80 Å². The van der Waals surface area contributed by atoms with Crippen molar-refractivity contribution in [3.05, 3.63) is 29.3 Å². The average Bonchev–Trinajstić information content (AvgIpc) is 2.45. The highest BCUT2D eigenvalue weighted by Gasteiger charge is 2.48. The Morgan fingerprint density at radius 1 is 1.00 bits per heavy atom. The van der Waals surface area contributed by atoms with Gasteiger partial charge in [-0.15, -0.1) is 0 Å². The van der Waals surface area contributed by atoms with E-state index in [0.717, 1.165) is 16.9 Å². The first kappa shape index (κ1) is 16.4. The predicted octanol–water partition coefficient (Wildman–Crippen LogP) is 2.31. The zero-order valence-electron chi connectivity index (χ0n) is 12.0. The van der Waals surface area contributed by atoms with Crippen LogP contribution in [-0.2, 0) is 19.7 Å². The third-order valence-corrected chi connectivity index (χ3v) is 4.86. The Bertz CT molecular complexity index is 563. The maximum absolute atomic E-state index is 5.23. The van der Waals surface area contributed by atoms with Gasteiger partial charge in [0.25, 0.3) is 0 Å². The molecule has 0 fully saturated rings. The lowest BCUT2D eigenvalue weighted by Crippen LogP contribution is -2.42. The molecule has 4 nitrogen and oxygen atoms in total. The van der Waals surface area contributed by atoms with Crippen LogP contribution in [0, 0.1) is 44.5 Å². The summed E-state index contributed by atoms with van der Waals surface area (Å²) in [7, 11) is -1.66. The molecule has 0 aliphatic rings. The molecule has 0 N–H and O–H groups in total. The first-order valence-electron chi connectivity index (χ1n) is 6.14. The van der Waals surface area contributed by atoms with E-state index >= 15 is 0 Å². The number of methoxy groups -OCH3 is 1. The van der Waals surface area contributed by atoms with Crippen LogP contribution in [-0.4, -0.2) is 15.9 Å². The van der Waals surface area contributed by atoms with Crippen molar-refractivity contribution in [2.75, 3.05) is 7.11 Å². The van der Waals surface area contributed by atoms with Crippen molar-refractivity contribution in [1.82, 2.24) is 0 Å². The highest BCUT2D eigenvalue weighted by Crippen LogP contribution is 2.22. The minimum atomic E-state index is -3.27. The second-order valence-corrected chi connectivity index (χ2v) is 6.68. The summed E-state index contributed by atoms with van der Waals surface area (Å²) >= 11 is 0. The zero-order valence-corrected chi connectivity index (χ0v) is 13.0. The summed E-state index contributed by atoms with van der Waals surface area (Å²) < 4.78 is 20.6. The Kier molecular flexibility index (Phi) is 6.08. The largest absolute Gasteiger partial charge is 0.725 e. The molecule has 0 aromatic heterocycles. The van der Waals surface area contributed by atoms with Gasteiger partial charge in [0.15, 0.2) is 0 Å². The molecule has 0 spiro atoms. The first-order valence-corrected chi connectivity index (χ1v) is 8.07. The fourth-order valence-electron chi connectivity index (χ4n) is 1.87. The molecule has 0 aliphatic heterocycles. The van der Waals surface area contributed by atoms with E-state index < -0.39 is 8.80 Å². The maximum atomic E-state index is 5.23. The number of ether oxygens (including phenoxy) is 1. The fraction of sp³-hybridized carbons (Fsp3) is 0.250. The van der Waals surface area contributed by atoms with E-state index in [4.69, 9.17) is 37.3 Å². The van der Waals surface area contributed by atoms with Crippen LogP contribution >= 0.6 is 0 Å². The number of benzene rings is 1. The monoisotopic (exact) mass is 300 g/mol. The van der Waals surface area contributed by atoms with Gasteiger partial charge in [0.2, 0.25) is 0 Å². The number of terminal acetylenes is 3. The average molecular weight is 300 g/mol. The van der Waals surface area contributed by atoms with Gasteiger partial charge in [0.1, 0.15) is 5.75 Å². The smallest absolute Gasteiger partial charge is 0.497 e. The molecule has 21 heavy (non-hydrogen) atoms. The number of aryl methyl sites for hydroxylation is 2. The molecule has 1 aromatic rings. The van der Waals surface area contributed by atoms with Gasteiger partial charge in [-0.2, -0.15) is 0 Å². The van der Waals surface area contributed by atoms with Crippen molar-refractivity contribution in [3.8, 4) is 43.3 Å². The second-order valence-electron chi connectivity index (χ2n) is 4.20. The molecule has 0 bridgehead atoms. The summed E-state index contributed by atoms with van der Waals surface area (Å²) in [6.45, 7) is 1.98. The Morgan fingerprint density at radius 3 is 2.05 bits per heavy atom. The minimum Gasteiger partial charge on any atom is -0.497 e. The van der Waals surface area contributed by atoms with Crippen LogP contribution in [0.25, 0.3) is 0 Å². The standard InChI is InChI=1S/C16H16O4Si/c1-6-18-21(19-7-2,20-8-3)10-9-15-11-14(4)12-16(13-15)17-5/h1-3,11-13H,9-10H2,4-5H3. The lowest BCUT2D eigenvalue weighted by atomic mass is 10.1. The van der Waals surface area contributed by atoms with Gasteiger partial charge in [-0.3, -0.25) is 0 Å². The third-order valence-electron chi connectivity index (χ3n) is 2.71. The van der Waals surface area contributed by atoms with Gasteiger partial charge >= 0.3 is 8.80 Å². The van der Waals surface area contributed by atoms with Crippen LogP contribution in [0.3, 0.4) is 0 Å². The predicted molar refractivity (Wildman–Crippen MR) is 81.8 cm³/mol. The molecule has 0 radical (unpaired) electrons. The minimum absolute atomic E-state index is 0.359. The number of hydrogen-bond donors (Lipinski definition) is 0.